The number of anilines is 1. The smallest absolute Gasteiger partial charge is 0.308 e. The van der Waals surface area contributed by atoms with Gasteiger partial charge >= 0.3 is 5.97 Å². The van der Waals surface area contributed by atoms with Gasteiger partial charge in [-0.1, -0.05) is 30.3 Å². The van der Waals surface area contributed by atoms with Gasteiger partial charge in [0.2, 0.25) is 0 Å². The third-order valence-electron chi connectivity index (χ3n) is 4.22. The Hall–Kier alpha value is -3.73. The van der Waals surface area contributed by atoms with Crippen LogP contribution in [0.2, 0.25) is 0 Å². The second-order valence-corrected chi connectivity index (χ2v) is 6.15. The lowest BCUT2D eigenvalue weighted by Gasteiger charge is -2.09. The Kier molecular flexibility index (Phi) is 4.26. The summed E-state index contributed by atoms with van der Waals surface area (Å²) in [5, 5.41) is 5.67. The lowest BCUT2D eigenvalue weighted by atomic mass is 10.1. The Morgan fingerprint density at radius 3 is 2.52 bits per heavy atom. The van der Waals surface area contributed by atoms with Gasteiger partial charge in [0.05, 0.1) is 11.2 Å². The molecule has 27 heavy (non-hydrogen) atoms. The van der Waals surface area contributed by atoms with Crippen molar-refractivity contribution in [2.24, 2.45) is 0 Å². The first kappa shape index (κ1) is 16.7. The molecule has 0 aliphatic rings. The summed E-state index contributed by atoms with van der Waals surface area (Å²) in [4.78, 5) is 28.1. The van der Waals surface area contributed by atoms with E-state index in [9.17, 15) is 9.59 Å². The predicted molar refractivity (Wildman–Crippen MR) is 105 cm³/mol. The number of fused-ring (bicyclic) bond motifs is 2. The van der Waals surface area contributed by atoms with Gasteiger partial charge < -0.3 is 10.1 Å². The fraction of sp³-hybridized carbons (Fsp3) is 0.0455. The topological polar surface area (TPSA) is 68.3 Å². The molecule has 1 N–H and O–H groups in total. The summed E-state index contributed by atoms with van der Waals surface area (Å²) in [7, 11) is 0. The number of carbonyl (C=O) groups excluding carboxylic acids is 2. The third-order valence-corrected chi connectivity index (χ3v) is 4.22. The maximum atomic E-state index is 12.7. The minimum Gasteiger partial charge on any atom is -0.427 e. The lowest BCUT2D eigenvalue weighted by Crippen LogP contribution is -2.12. The summed E-state index contributed by atoms with van der Waals surface area (Å²) in [6.45, 7) is 1.36. The normalized spacial score (nSPS) is 10.7. The van der Waals surface area contributed by atoms with Crippen LogP contribution < -0.4 is 10.1 Å². The molecule has 3 aromatic carbocycles. The molecular formula is C22H16N2O3. The average Bonchev–Trinajstić information content (AvgIpc) is 2.67. The van der Waals surface area contributed by atoms with Crippen molar-refractivity contribution < 1.29 is 14.3 Å². The number of benzene rings is 3. The van der Waals surface area contributed by atoms with Crippen molar-refractivity contribution >= 4 is 39.2 Å². The molecule has 4 aromatic rings. The second-order valence-electron chi connectivity index (χ2n) is 6.15. The highest BCUT2D eigenvalue weighted by Gasteiger charge is 2.10. The van der Waals surface area contributed by atoms with E-state index in [1.54, 1.807) is 30.5 Å². The molecular weight excluding hydrogens is 340 g/mol. The number of hydrogen-bond donors (Lipinski definition) is 1. The molecule has 0 atom stereocenters. The van der Waals surface area contributed by atoms with E-state index in [-0.39, 0.29) is 11.9 Å². The highest BCUT2D eigenvalue weighted by atomic mass is 16.5. The lowest BCUT2D eigenvalue weighted by molar-refractivity contribution is -0.131. The number of hydrogen-bond acceptors (Lipinski definition) is 4. The fourth-order valence-electron chi connectivity index (χ4n) is 2.99. The molecule has 0 unspecified atom stereocenters. The molecule has 0 fully saturated rings. The van der Waals surface area contributed by atoms with Crippen LogP contribution in [-0.4, -0.2) is 16.9 Å². The summed E-state index contributed by atoms with van der Waals surface area (Å²) in [6, 6.07) is 20.2. The SMILES string of the molecule is CC(=O)Oc1ccc2cc(C(=O)Nc3cccc4cccnc34)ccc2c1. The summed E-state index contributed by atoms with van der Waals surface area (Å²) >= 11 is 0. The highest BCUT2D eigenvalue weighted by molar-refractivity contribution is 6.09. The van der Waals surface area contributed by atoms with E-state index in [2.05, 4.69) is 10.3 Å². The van der Waals surface area contributed by atoms with Crippen LogP contribution in [0.25, 0.3) is 21.7 Å². The molecule has 0 saturated carbocycles. The van der Waals surface area contributed by atoms with E-state index in [0.717, 1.165) is 21.7 Å². The van der Waals surface area contributed by atoms with Crippen molar-refractivity contribution in [3.8, 4) is 5.75 Å². The van der Waals surface area contributed by atoms with Crippen molar-refractivity contribution in [2.45, 2.75) is 6.92 Å². The summed E-state index contributed by atoms with van der Waals surface area (Å²) in [6.07, 6.45) is 1.70. The van der Waals surface area contributed by atoms with Gasteiger partial charge in [-0.3, -0.25) is 14.6 Å². The summed E-state index contributed by atoms with van der Waals surface area (Å²) < 4.78 is 5.09. The van der Waals surface area contributed by atoms with Crippen LogP contribution in [0.5, 0.6) is 5.75 Å². The van der Waals surface area contributed by atoms with Crippen molar-refractivity contribution in [3.63, 3.8) is 0 Å². The number of para-hydroxylation sites is 1. The zero-order chi connectivity index (χ0) is 18.8. The summed E-state index contributed by atoms with van der Waals surface area (Å²) in [5.41, 5.74) is 1.96. The number of nitrogens with one attached hydrogen (secondary N) is 1. The Bertz CT molecular complexity index is 1180. The minimum absolute atomic E-state index is 0.209. The summed E-state index contributed by atoms with van der Waals surface area (Å²) in [5.74, 6) is -0.0952. The van der Waals surface area contributed by atoms with Crippen LogP contribution in [0.15, 0.2) is 72.9 Å². The molecule has 5 nitrogen and oxygen atoms in total. The molecule has 5 heteroatoms. The van der Waals surface area contributed by atoms with Crippen LogP contribution in [0, 0.1) is 0 Å². The molecule has 0 bridgehead atoms. The van der Waals surface area contributed by atoms with Gasteiger partial charge in [-0.2, -0.15) is 0 Å². The van der Waals surface area contributed by atoms with Gasteiger partial charge in [0.15, 0.2) is 0 Å². The molecule has 1 aromatic heterocycles. The Labute approximate surface area is 155 Å². The Morgan fingerprint density at radius 1 is 0.889 bits per heavy atom. The van der Waals surface area contributed by atoms with Crippen molar-refractivity contribution in [3.05, 3.63) is 78.5 Å². The van der Waals surface area contributed by atoms with E-state index in [4.69, 9.17) is 4.74 Å². The van der Waals surface area contributed by atoms with Gasteiger partial charge in [0.25, 0.3) is 5.91 Å². The van der Waals surface area contributed by atoms with E-state index < -0.39 is 0 Å². The number of nitrogens with zero attached hydrogens (tertiary/aromatic N) is 1. The van der Waals surface area contributed by atoms with E-state index in [1.165, 1.54) is 6.92 Å². The Balaban J connectivity index is 1.63. The number of carbonyl (C=O) groups is 2. The quantitative estimate of drug-likeness (QED) is 0.431. The van der Waals surface area contributed by atoms with Gasteiger partial charge in [0, 0.05) is 24.1 Å². The second kappa shape index (κ2) is 6.88. The van der Waals surface area contributed by atoms with Crippen LogP contribution >= 0.6 is 0 Å². The standard InChI is InChI=1S/C22H16N2O3/c1-14(25)27-19-10-9-16-12-18(8-7-17(16)13-19)22(26)24-20-6-2-4-15-5-3-11-23-21(15)20/h2-13H,1H3,(H,24,26). The molecule has 0 aliphatic carbocycles. The number of aromatic nitrogens is 1. The zero-order valence-corrected chi connectivity index (χ0v) is 14.6. The van der Waals surface area contributed by atoms with Crippen LogP contribution in [0.3, 0.4) is 0 Å². The van der Waals surface area contributed by atoms with Crippen LogP contribution in [0.1, 0.15) is 17.3 Å². The van der Waals surface area contributed by atoms with Gasteiger partial charge in [0.1, 0.15) is 5.75 Å². The first-order chi connectivity index (χ1) is 13.1. The molecule has 1 amide bonds. The number of esters is 1. The first-order valence-electron chi connectivity index (χ1n) is 8.47. The van der Waals surface area contributed by atoms with Crippen LogP contribution in [-0.2, 0) is 4.79 Å². The van der Waals surface area contributed by atoms with Crippen molar-refractivity contribution in [1.82, 2.24) is 4.98 Å². The molecule has 132 valence electrons. The monoisotopic (exact) mass is 356 g/mol. The molecule has 0 aliphatic heterocycles. The largest absolute Gasteiger partial charge is 0.427 e. The highest BCUT2D eigenvalue weighted by Crippen LogP contribution is 2.24. The number of pyridine rings is 1. The maximum absolute atomic E-state index is 12.7. The van der Waals surface area contributed by atoms with Crippen LogP contribution in [0.4, 0.5) is 5.69 Å². The minimum atomic E-state index is -0.367. The van der Waals surface area contributed by atoms with E-state index in [0.29, 0.717) is 17.0 Å². The number of rotatable bonds is 3. The first-order valence-corrected chi connectivity index (χ1v) is 8.47. The molecule has 0 radical (unpaired) electrons. The molecule has 1 heterocycles. The average molecular weight is 356 g/mol. The zero-order valence-electron chi connectivity index (χ0n) is 14.6. The number of ether oxygens (including phenoxy) is 1. The molecule has 0 saturated heterocycles. The third kappa shape index (κ3) is 3.48. The van der Waals surface area contributed by atoms with E-state index >= 15 is 0 Å². The van der Waals surface area contributed by atoms with Gasteiger partial charge in [-0.05, 0) is 47.2 Å². The molecule has 4 rings (SSSR count). The van der Waals surface area contributed by atoms with Crippen molar-refractivity contribution in [2.75, 3.05) is 5.32 Å². The maximum Gasteiger partial charge on any atom is 0.308 e. The van der Waals surface area contributed by atoms with Gasteiger partial charge in [-0.25, -0.2) is 0 Å². The predicted octanol–water partition coefficient (Wildman–Crippen LogP) is 4.57. The molecule has 0 spiro atoms. The fourth-order valence-corrected chi connectivity index (χ4v) is 2.99. The van der Waals surface area contributed by atoms with E-state index in [1.807, 2.05) is 42.5 Å². The Morgan fingerprint density at radius 2 is 1.67 bits per heavy atom. The van der Waals surface area contributed by atoms with Gasteiger partial charge in [-0.15, -0.1) is 0 Å². The number of amides is 1. The van der Waals surface area contributed by atoms with Crippen molar-refractivity contribution in [1.29, 1.82) is 0 Å².